The molecular weight excluding hydrogens is 725 g/mol. The number of aromatic nitrogens is 1. The number of nitrogens with zero attached hydrogens (tertiary/aromatic N) is 2. The van der Waals surface area contributed by atoms with Gasteiger partial charge >= 0.3 is 0 Å². The van der Waals surface area contributed by atoms with Crippen molar-refractivity contribution in [1.29, 1.82) is 0 Å². The van der Waals surface area contributed by atoms with Crippen LogP contribution in [0.25, 0.3) is 92.8 Å². The summed E-state index contributed by atoms with van der Waals surface area (Å²) in [6.07, 6.45) is 0. The summed E-state index contributed by atoms with van der Waals surface area (Å²) in [4.78, 5) is 2.44. The van der Waals surface area contributed by atoms with Crippen molar-refractivity contribution in [3.8, 4) is 27.9 Å². The first-order valence-electron chi connectivity index (χ1n) is 20.7. The number of hydrogen-bond acceptors (Lipinski definition) is 1. The van der Waals surface area contributed by atoms with Gasteiger partial charge in [0.15, 0.2) is 0 Å². The first kappa shape index (κ1) is 34.1. The van der Waals surface area contributed by atoms with Crippen molar-refractivity contribution in [1.82, 2.24) is 4.57 Å². The molecule has 0 aliphatic rings. The van der Waals surface area contributed by atoms with Gasteiger partial charge in [-0.3, -0.25) is 0 Å². The van der Waals surface area contributed by atoms with E-state index in [2.05, 4.69) is 240 Å². The van der Waals surface area contributed by atoms with Crippen molar-refractivity contribution < 1.29 is 0 Å². The molecule has 0 aliphatic heterocycles. The smallest absolute Gasteiger partial charge is 0.0541 e. The van der Waals surface area contributed by atoms with E-state index < -0.39 is 0 Å². The standard InChI is InChI=1S/C58H38N2/c1-2-18-43(19-3-1)59(44-33-34-50-48-23-7-6-21-46(48)47-22-8-9-24-49(47)54(50)38-44)58-35-32-42(37-53(58)41-31-30-39-16-4-5-17-40(39)36-41)45-20-10-13-27-55(45)60-56-28-14-11-25-51(56)52-26-12-15-29-57(52)60/h1-38H. The molecule has 0 fully saturated rings. The Kier molecular flexibility index (Phi) is 7.89. The SMILES string of the molecule is c1ccc(N(c2ccc3c4ccccc4c4ccccc4c3c2)c2ccc(-c3ccccc3-n3c4ccccc4c4ccccc43)cc2-c2ccc3ccccc3c2)cc1. The third-order valence-corrected chi connectivity index (χ3v) is 12.3. The Balaban J connectivity index is 1.12. The quantitative estimate of drug-likeness (QED) is 0.153. The first-order valence-corrected chi connectivity index (χ1v) is 20.7. The summed E-state index contributed by atoms with van der Waals surface area (Å²) in [6, 6.07) is 84.4. The first-order chi connectivity index (χ1) is 29.8. The molecule has 0 aliphatic carbocycles. The molecule has 0 bridgehead atoms. The van der Waals surface area contributed by atoms with Crippen LogP contribution >= 0.6 is 0 Å². The maximum Gasteiger partial charge on any atom is 0.0541 e. The fraction of sp³-hybridized carbons (Fsp3) is 0. The van der Waals surface area contributed by atoms with Gasteiger partial charge < -0.3 is 9.47 Å². The Morgan fingerprint density at radius 3 is 1.50 bits per heavy atom. The van der Waals surface area contributed by atoms with Gasteiger partial charge in [-0.2, -0.15) is 0 Å². The second kappa shape index (κ2) is 13.9. The zero-order valence-corrected chi connectivity index (χ0v) is 32.8. The number of anilines is 3. The van der Waals surface area contributed by atoms with Crippen LogP contribution in [0.15, 0.2) is 231 Å². The highest BCUT2D eigenvalue weighted by Gasteiger charge is 2.22. The number of para-hydroxylation sites is 4. The molecular formula is C58H38N2. The molecule has 0 radical (unpaired) electrons. The molecule has 0 spiro atoms. The molecule has 2 heteroatoms. The predicted octanol–water partition coefficient (Wildman–Crippen LogP) is 16.2. The van der Waals surface area contributed by atoms with Crippen molar-refractivity contribution in [3.63, 3.8) is 0 Å². The van der Waals surface area contributed by atoms with Crippen LogP contribution in [0, 0.1) is 0 Å². The molecule has 11 aromatic carbocycles. The lowest BCUT2D eigenvalue weighted by molar-refractivity contribution is 1.18. The minimum absolute atomic E-state index is 1.10. The van der Waals surface area contributed by atoms with Crippen LogP contribution in [0.4, 0.5) is 17.1 Å². The maximum absolute atomic E-state index is 2.44. The van der Waals surface area contributed by atoms with Crippen LogP contribution in [-0.2, 0) is 0 Å². The zero-order chi connectivity index (χ0) is 39.6. The summed E-state index contributed by atoms with van der Waals surface area (Å²) in [5.74, 6) is 0. The Hall–Kier alpha value is -7.94. The summed E-state index contributed by atoms with van der Waals surface area (Å²) < 4.78 is 2.43. The third-order valence-electron chi connectivity index (χ3n) is 12.3. The maximum atomic E-state index is 2.44. The van der Waals surface area contributed by atoms with E-state index >= 15 is 0 Å². The monoisotopic (exact) mass is 762 g/mol. The van der Waals surface area contributed by atoms with Gasteiger partial charge in [0.25, 0.3) is 0 Å². The number of rotatable bonds is 6. The molecule has 2 nitrogen and oxygen atoms in total. The van der Waals surface area contributed by atoms with Gasteiger partial charge in [0.2, 0.25) is 0 Å². The minimum atomic E-state index is 1.10. The molecule has 0 amide bonds. The Morgan fingerprint density at radius 2 is 0.800 bits per heavy atom. The predicted molar refractivity (Wildman–Crippen MR) is 256 cm³/mol. The van der Waals surface area contributed by atoms with Crippen LogP contribution in [0.2, 0.25) is 0 Å². The van der Waals surface area contributed by atoms with E-state index in [1.165, 1.54) is 70.5 Å². The lowest BCUT2D eigenvalue weighted by atomic mass is 9.92. The minimum Gasteiger partial charge on any atom is -0.310 e. The van der Waals surface area contributed by atoms with Gasteiger partial charge in [-0.25, -0.2) is 0 Å². The molecule has 60 heavy (non-hydrogen) atoms. The number of hydrogen-bond donors (Lipinski definition) is 0. The molecule has 0 saturated heterocycles. The van der Waals surface area contributed by atoms with Crippen molar-refractivity contribution >= 4 is 82.0 Å². The lowest BCUT2D eigenvalue weighted by Crippen LogP contribution is -2.11. The van der Waals surface area contributed by atoms with Gasteiger partial charge in [-0.05, 0) is 115 Å². The van der Waals surface area contributed by atoms with Crippen LogP contribution in [0.3, 0.4) is 0 Å². The molecule has 1 heterocycles. The topological polar surface area (TPSA) is 8.17 Å². The molecule has 1 aromatic heterocycles. The fourth-order valence-electron chi connectivity index (χ4n) is 9.62. The van der Waals surface area contributed by atoms with Crippen LogP contribution in [-0.4, -0.2) is 4.57 Å². The highest BCUT2D eigenvalue weighted by molar-refractivity contribution is 6.26. The summed E-state index contributed by atoms with van der Waals surface area (Å²) in [5, 5.41) is 12.5. The number of benzene rings is 11. The van der Waals surface area contributed by atoms with E-state index in [4.69, 9.17) is 0 Å². The van der Waals surface area contributed by atoms with Crippen molar-refractivity contribution in [2.45, 2.75) is 0 Å². The van der Waals surface area contributed by atoms with E-state index in [1.54, 1.807) is 0 Å². The highest BCUT2D eigenvalue weighted by atomic mass is 15.1. The fourth-order valence-corrected chi connectivity index (χ4v) is 9.62. The largest absolute Gasteiger partial charge is 0.310 e. The summed E-state index contributed by atoms with van der Waals surface area (Å²) in [7, 11) is 0. The molecule has 0 unspecified atom stereocenters. The van der Waals surface area contributed by atoms with Gasteiger partial charge in [-0.1, -0.05) is 170 Å². The van der Waals surface area contributed by atoms with E-state index in [0.29, 0.717) is 0 Å². The van der Waals surface area contributed by atoms with Crippen LogP contribution < -0.4 is 4.90 Å². The average molecular weight is 763 g/mol. The Labute approximate surface area is 348 Å². The molecule has 12 rings (SSSR count). The molecule has 280 valence electrons. The molecule has 0 N–H and O–H groups in total. The molecule has 0 atom stereocenters. The number of fused-ring (bicyclic) bond motifs is 10. The van der Waals surface area contributed by atoms with Crippen LogP contribution in [0.1, 0.15) is 0 Å². The Morgan fingerprint density at radius 1 is 0.283 bits per heavy atom. The third kappa shape index (κ3) is 5.42. The van der Waals surface area contributed by atoms with Crippen molar-refractivity contribution in [2.24, 2.45) is 0 Å². The lowest BCUT2D eigenvalue weighted by Gasteiger charge is -2.29. The van der Waals surface area contributed by atoms with Gasteiger partial charge in [-0.15, -0.1) is 0 Å². The Bertz CT molecular complexity index is 3530. The molecule has 0 saturated carbocycles. The van der Waals surface area contributed by atoms with E-state index in [1.807, 2.05) is 0 Å². The van der Waals surface area contributed by atoms with E-state index in [-0.39, 0.29) is 0 Å². The molecule has 12 aromatic rings. The van der Waals surface area contributed by atoms with Crippen molar-refractivity contribution in [3.05, 3.63) is 231 Å². The normalized spacial score (nSPS) is 11.7. The van der Waals surface area contributed by atoms with E-state index in [9.17, 15) is 0 Å². The van der Waals surface area contributed by atoms with Gasteiger partial charge in [0, 0.05) is 33.3 Å². The summed E-state index contributed by atoms with van der Waals surface area (Å²) >= 11 is 0. The second-order valence-electron chi connectivity index (χ2n) is 15.7. The average Bonchev–Trinajstić information content (AvgIpc) is 3.66. The van der Waals surface area contributed by atoms with Gasteiger partial charge in [0.1, 0.15) is 0 Å². The highest BCUT2D eigenvalue weighted by Crippen LogP contribution is 2.46. The van der Waals surface area contributed by atoms with Crippen LogP contribution in [0.5, 0.6) is 0 Å². The summed E-state index contributed by atoms with van der Waals surface area (Å²) in [5.41, 5.74) is 11.5. The second-order valence-corrected chi connectivity index (χ2v) is 15.7. The van der Waals surface area contributed by atoms with E-state index in [0.717, 1.165) is 39.4 Å². The summed E-state index contributed by atoms with van der Waals surface area (Å²) in [6.45, 7) is 0. The zero-order valence-electron chi connectivity index (χ0n) is 32.8. The van der Waals surface area contributed by atoms with Gasteiger partial charge in [0.05, 0.1) is 22.4 Å². The van der Waals surface area contributed by atoms with Crippen molar-refractivity contribution in [2.75, 3.05) is 4.90 Å².